The Balaban J connectivity index is 1.81. The quantitative estimate of drug-likeness (QED) is 0.852. The molecule has 5 heteroatoms. The summed E-state index contributed by atoms with van der Waals surface area (Å²) in [5.74, 6) is 1.37. The number of aromatic nitrogens is 1. The van der Waals surface area contributed by atoms with Crippen LogP contribution in [0.4, 0.5) is 0 Å². The van der Waals surface area contributed by atoms with Gasteiger partial charge in [-0.25, -0.2) is 4.98 Å². The van der Waals surface area contributed by atoms with Crippen molar-refractivity contribution >= 4 is 23.1 Å². The van der Waals surface area contributed by atoms with Crippen molar-refractivity contribution in [2.75, 3.05) is 5.75 Å². The first-order valence-electron chi connectivity index (χ1n) is 5.89. The second-order valence-corrected chi connectivity index (χ2v) is 6.83. The Morgan fingerprint density at radius 3 is 3.24 bits per heavy atom. The number of hydrogen-bond donors (Lipinski definition) is 1. The predicted octanol–water partition coefficient (Wildman–Crippen LogP) is 2.95. The number of rotatable bonds is 4. The number of thiazole rings is 1. The molecule has 17 heavy (non-hydrogen) atoms. The lowest BCUT2D eigenvalue weighted by molar-refractivity contribution is 0.389. The molecule has 2 rings (SSSR count). The highest BCUT2D eigenvalue weighted by Gasteiger charge is 2.39. The van der Waals surface area contributed by atoms with Gasteiger partial charge in [0.05, 0.1) is 6.07 Å². The predicted molar refractivity (Wildman–Crippen MR) is 72.1 cm³/mol. The monoisotopic (exact) mass is 267 g/mol. The number of nitrogens with zero attached hydrogens (tertiary/aromatic N) is 2. The maximum absolute atomic E-state index is 9.12. The fraction of sp³-hybridized carbons (Fsp3) is 0.667. The van der Waals surface area contributed by atoms with E-state index in [9.17, 15) is 0 Å². The van der Waals surface area contributed by atoms with E-state index < -0.39 is 5.54 Å². The Morgan fingerprint density at radius 2 is 2.59 bits per heavy atom. The molecule has 0 bridgehead atoms. The third kappa shape index (κ3) is 3.01. The normalized spacial score (nSPS) is 28.2. The summed E-state index contributed by atoms with van der Waals surface area (Å²) in [6.07, 6.45) is 4.07. The van der Waals surface area contributed by atoms with Gasteiger partial charge in [-0.15, -0.1) is 11.3 Å². The Kier molecular flexibility index (Phi) is 4.08. The molecule has 0 aromatic carbocycles. The third-order valence-electron chi connectivity index (χ3n) is 3.37. The molecule has 2 unspecified atom stereocenters. The minimum absolute atomic E-state index is 0.362. The van der Waals surface area contributed by atoms with Crippen LogP contribution in [0.3, 0.4) is 0 Å². The molecular formula is C12H17N3S2. The second kappa shape index (κ2) is 5.38. The molecule has 1 aromatic rings. The number of hydrogen-bond acceptors (Lipinski definition) is 5. The Hall–Kier alpha value is -0.570. The molecule has 2 atom stereocenters. The van der Waals surface area contributed by atoms with E-state index in [0.29, 0.717) is 5.92 Å². The van der Waals surface area contributed by atoms with E-state index >= 15 is 0 Å². The van der Waals surface area contributed by atoms with E-state index in [1.807, 2.05) is 6.92 Å². The SMILES string of the molecule is Cc1csc(SCCC2CCCC2(N)C#N)n1. The zero-order valence-electron chi connectivity index (χ0n) is 9.98. The molecule has 0 saturated heterocycles. The summed E-state index contributed by atoms with van der Waals surface area (Å²) < 4.78 is 1.13. The summed E-state index contributed by atoms with van der Waals surface area (Å²) in [5.41, 5.74) is 6.62. The molecular weight excluding hydrogens is 250 g/mol. The van der Waals surface area contributed by atoms with Gasteiger partial charge in [-0.2, -0.15) is 5.26 Å². The minimum Gasteiger partial charge on any atom is -0.313 e. The number of nitriles is 1. The van der Waals surface area contributed by atoms with Crippen LogP contribution in [0.2, 0.25) is 0 Å². The van der Waals surface area contributed by atoms with Crippen LogP contribution in [-0.4, -0.2) is 16.3 Å². The van der Waals surface area contributed by atoms with Gasteiger partial charge in [-0.05, 0) is 32.1 Å². The van der Waals surface area contributed by atoms with Crippen molar-refractivity contribution < 1.29 is 0 Å². The maximum atomic E-state index is 9.12. The topological polar surface area (TPSA) is 62.7 Å². The standard InChI is InChI=1S/C12H17N3S2/c1-9-7-17-11(15-9)16-6-4-10-3-2-5-12(10,14)8-13/h7,10H,2-6,14H2,1H3. The fourth-order valence-electron chi connectivity index (χ4n) is 2.34. The second-order valence-electron chi connectivity index (χ2n) is 4.63. The zero-order chi connectivity index (χ0) is 12.3. The van der Waals surface area contributed by atoms with Crippen LogP contribution in [0.1, 0.15) is 31.4 Å². The van der Waals surface area contributed by atoms with E-state index in [0.717, 1.165) is 41.5 Å². The molecule has 92 valence electrons. The molecule has 2 N–H and O–H groups in total. The molecule has 0 amide bonds. The molecule has 1 aliphatic rings. The van der Waals surface area contributed by atoms with E-state index in [2.05, 4.69) is 16.4 Å². The maximum Gasteiger partial charge on any atom is 0.150 e. The molecule has 1 aromatic heterocycles. The minimum atomic E-state index is -0.570. The summed E-state index contributed by atoms with van der Waals surface area (Å²) in [7, 11) is 0. The molecule has 1 aliphatic carbocycles. The van der Waals surface area contributed by atoms with Gasteiger partial charge in [0, 0.05) is 16.8 Å². The fourth-order valence-corrected chi connectivity index (χ4v) is 4.31. The van der Waals surface area contributed by atoms with Crippen LogP contribution in [0.15, 0.2) is 9.72 Å². The number of thioether (sulfide) groups is 1. The smallest absolute Gasteiger partial charge is 0.150 e. The van der Waals surface area contributed by atoms with Crippen LogP contribution in [0.5, 0.6) is 0 Å². The molecule has 1 heterocycles. The molecule has 0 radical (unpaired) electrons. The van der Waals surface area contributed by atoms with Crippen LogP contribution in [0, 0.1) is 24.2 Å². The molecule has 1 saturated carbocycles. The van der Waals surface area contributed by atoms with E-state index in [4.69, 9.17) is 11.0 Å². The lowest BCUT2D eigenvalue weighted by Gasteiger charge is -2.23. The van der Waals surface area contributed by atoms with Crippen molar-refractivity contribution in [2.45, 2.75) is 42.5 Å². The van der Waals surface area contributed by atoms with Crippen molar-refractivity contribution in [3.05, 3.63) is 11.1 Å². The lowest BCUT2D eigenvalue weighted by atomic mass is 9.88. The van der Waals surface area contributed by atoms with Gasteiger partial charge in [0.1, 0.15) is 9.88 Å². The Labute approximate surface area is 110 Å². The van der Waals surface area contributed by atoms with Crippen molar-refractivity contribution in [2.24, 2.45) is 11.7 Å². The average Bonchev–Trinajstić information content (AvgIpc) is 2.87. The number of aryl methyl sites for hydroxylation is 1. The highest BCUT2D eigenvalue weighted by Crippen LogP contribution is 2.37. The van der Waals surface area contributed by atoms with E-state index in [1.54, 1.807) is 23.1 Å². The highest BCUT2D eigenvalue weighted by molar-refractivity contribution is 8.00. The Bertz CT molecular complexity index is 424. The van der Waals surface area contributed by atoms with Gasteiger partial charge in [0.2, 0.25) is 0 Å². The van der Waals surface area contributed by atoms with Gasteiger partial charge in [0.25, 0.3) is 0 Å². The van der Waals surface area contributed by atoms with Crippen LogP contribution < -0.4 is 5.73 Å². The van der Waals surface area contributed by atoms with Gasteiger partial charge in [-0.1, -0.05) is 18.2 Å². The number of nitrogens with two attached hydrogens (primary N) is 1. The first-order valence-corrected chi connectivity index (χ1v) is 7.75. The highest BCUT2D eigenvalue weighted by atomic mass is 32.2. The average molecular weight is 267 g/mol. The zero-order valence-corrected chi connectivity index (χ0v) is 11.6. The third-order valence-corrected chi connectivity index (χ3v) is 5.54. The summed E-state index contributed by atoms with van der Waals surface area (Å²) in [4.78, 5) is 4.42. The first kappa shape index (κ1) is 12.9. The van der Waals surface area contributed by atoms with E-state index in [-0.39, 0.29) is 0 Å². The first-order chi connectivity index (χ1) is 8.14. The molecule has 3 nitrogen and oxygen atoms in total. The van der Waals surface area contributed by atoms with Crippen molar-refractivity contribution in [1.82, 2.24) is 4.98 Å². The van der Waals surface area contributed by atoms with Crippen LogP contribution in [0.25, 0.3) is 0 Å². The van der Waals surface area contributed by atoms with Crippen molar-refractivity contribution in [3.8, 4) is 6.07 Å². The van der Waals surface area contributed by atoms with Gasteiger partial charge >= 0.3 is 0 Å². The molecule has 0 spiro atoms. The van der Waals surface area contributed by atoms with Crippen LogP contribution >= 0.6 is 23.1 Å². The lowest BCUT2D eigenvalue weighted by Crippen LogP contribution is -2.41. The van der Waals surface area contributed by atoms with Crippen LogP contribution in [-0.2, 0) is 0 Å². The van der Waals surface area contributed by atoms with E-state index in [1.165, 1.54) is 0 Å². The molecule has 1 fully saturated rings. The Morgan fingerprint density at radius 1 is 1.76 bits per heavy atom. The largest absolute Gasteiger partial charge is 0.313 e. The van der Waals surface area contributed by atoms with Gasteiger partial charge in [0.15, 0.2) is 0 Å². The van der Waals surface area contributed by atoms with Gasteiger partial charge < -0.3 is 5.73 Å². The summed E-state index contributed by atoms with van der Waals surface area (Å²) in [6, 6.07) is 2.30. The van der Waals surface area contributed by atoms with Gasteiger partial charge in [-0.3, -0.25) is 0 Å². The summed E-state index contributed by atoms with van der Waals surface area (Å²) >= 11 is 3.48. The summed E-state index contributed by atoms with van der Waals surface area (Å²) in [5, 5.41) is 11.2. The van der Waals surface area contributed by atoms with Crippen molar-refractivity contribution in [3.63, 3.8) is 0 Å². The summed E-state index contributed by atoms with van der Waals surface area (Å²) in [6.45, 7) is 2.01. The van der Waals surface area contributed by atoms with Crippen molar-refractivity contribution in [1.29, 1.82) is 5.26 Å². The molecule has 0 aliphatic heterocycles.